The van der Waals surface area contributed by atoms with E-state index in [1.54, 1.807) is 36.4 Å². The fourth-order valence-corrected chi connectivity index (χ4v) is 2.35. The standard InChI is InChI=1S/C17H10N2O4/c20-16(19-11-5-6-15-13(8-11)18-9-22-15)12-7-10-3-1-2-4-14(10)23-17(12)21/h1-9H,(H,19,20). The van der Waals surface area contributed by atoms with Crippen LogP contribution in [0.15, 0.2) is 68.6 Å². The van der Waals surface area contributed by atoms with Crippen molar-refractivity contribution in [3.05, 3.63) is 70.9 Å². The smallest absolute Gasteiger partial charge is 0.349 e. The van der Waals surface area contributed by atoms with Gasteiger partial charge in [-0.05, 0) is 30.3 Å². The van der Waals surface area contributed by atoms with E-state index in [1.807, 2.05) is 6.07 Å². The van der Waals surface area contributed by atoms with Crippen LogP contribution in [0.4, 0.5) is 5.69 Å². The Balaban J connectivity index is 1.71. The highest BCUT2D eigenvalue weighted by Gasteiger charge is 2.14. The molecule has 0 spiro atoms. The first-order chi connectivity index (χ1) is 11.2. The Kier molecular flexibility index (Phi) is 2.94. The highest BCUT2D eigenvalue weighted by molar-refractivity contribution is 6.06. The van der Waals surface area contributed by atoms with E-state index in [2.05, 4.69) is 10.3 Å². The topological polar surface area (TPSA) is 85.3 Å². The number of aromatic nitrogens is 1. The SMILES string of the molecule is O=C(Nc1ccc2ocnc2c1)c1cc2ccccc2oc1=O. The van der Waals surface area contributed by atoms with Gasteiger partial charge in [0.2, 0.25) is 0 Å². The predicted octanol–water partition coefficient (Wildman–Crippen LogP) is 3.19. The zero-order valence-corrected chi connectivity index (χ0v) is 11.8. The molecular weight excluding hydrogens is 296 g/mol. The van der Waals surface area contributed by atoms with Crippen LogP contribution in [-0.4, -0.2) is 10.9 Å². The zero-order chi connectivity index (χ0) is 15.8. The van der Waals surface area contributed by atoms with Gasteiger partial charge in [0.1, 0.15) is 16.7 Å². The largest absolute Gasteiger partial charge is 0.443 e. The molecule has 0 atom stereocenters. The van der Waals surface area contributed by atoms with Crippen LogP contribution >= 0.6 is 0 Å². The molecule has 4 aromatic rings. The Bertz CT molecular complexity index is 1090. The van der Waals surface area contributed by atoms with E-state index in [0.717, 1.165) is 0 Å². The van der Waals surface area contributed by atoms with Gasteiger partial charge in [0.15, 0.2) is 12.0 Å². The van der Waals surface area contributed by atoms with Gasteiger partial charge in [-0.25, -0.2) is 9.78 Å². The number of benzene rings is 2. The molecule has 2 aromatic carbocycles. The molecule has 0 aliphatic carbocycles. The molecule has 1 N–H and O–H groups in total. The van der Waals surface area contributed by atoms with Crippen molar-refractivity contribution in [1.29, 1.82) is 0 Å². The molecule has 2 heterocycles. The molecule has 23 heavy (non-hydrogen) atoms. The summed E-state index contributed by atoms with van der Waals surface area (Å²) in [6.45, 7) is 0. The lowest BCUT2D eigenvalue weighted by molar-refractivity contribution is 0.102. The number of carbonyl (C=O) groups excluding carboxylic acids is 1. The number of nitrogens with zero attached hydrogens (tertiary/aromatic N) is 1. The van der Waals surface area contributed by atoms with Gasteiger partial charge in [-0.2, -0.15) is 0 Å². The summed E-state index contributed by atoms with van der Waals surface area (Å²) in [5.41, 5.74) is 1.47. The van der Waals surface area contributed by atoms with Crippen LogP contribution < -0.4 is 10.9 Å². The summed E-state index contributed by atoms with van der Waals surface area (Å²) in [7, 11) is 0. The van der Waals surface area contributed by atoms with Gasteiger partial charge in [0.25, 0.3) is 5.91 Å². The fourth-order valence-electron chi connectivity index (χ4n) is 2.35. The van der Waals surface area contributed by atoms with Gasteiger partial charge in [-0.15, -0.1) is 0 Å². The number of hydrogen-bond acceptors (Lipinski definition) is 5. The van der Waals surface area contributed by atoms with Crippen molar-refractivity contribution >= 4 is 33.7 Å². The van der Waals surface area contributed by atoms with Crippen LogP contribution in [0.1, 0.15) is 10.4 Å². The van der Waals surface area contributed by atoms with Crippen molar-refractivity contribution in [1.82, 2.24) is 4.98 Å². The summed E-state index contributed by atoms with van der Waals surface area (Å²) in [5.74, 6) is -0.535. The average molecular weight is 306 g/mol. The molecule has 1 amide bonds. The average Bonchev–Trinajstić information content (AvgIpc) is 3.01. The molecule has 0 saturated carbocycles. The second kappa shape index (κ2) is 5.10. The van der Waals surface area contributed by atoms with Gasteiger partial charge in [0, 0.05) is 11.1 Å². The third-order valence-electron chi connectivity index (χ3n) is 3.47. The Morgan fingerprint density at radius 2 is 1.91 bits per heavy atom. The van der Waals surface area contributed by atoms with Crippen LogP contribution in [0, 0.1) is 0 Å². The van der Waals surface area contributed by atoms with E-state index in [9.17, 15) is 9.59 Å². The molecule has 0 fully saturated rings. The Morgan fingerprint density at radius 1 is 1.04 bits per heavy atom. The molecule has 4 rings (SSSR count). The minimum atomic E-state index is -0.677. The molecule has 112 valence electrons. The second-order valence-corrected chi connectivity index (χ2v) is 4.97. The quantitative estimate of drug-likeness (QED) is 0.575. The van der Waals surface area contributed by atoms with Crippen molar-refractivity contribution in [3.63, 3.8) is 0 Å². The predicted molar refractivity (Wildman–Crippen MR) is 84.4 cm³/mol. The lowest BCUT2D eigenvalue weighted by Crippen LogP contribution is -2.20. The van der Waals surface area contributed by atoms with Crippen molar-refractivity contribution < 1.29 is 13.6 Å². The summed E-state index contributed by atoms with van der Waals surface area (Å²) in [5, 5.41) is 3.35. The minimum absolute atomic E-state index is 0.0519. The van der Waals surface area contributed by atoms with Crippen molar-refractivity contribution in [2.45, 2.75) is 0 Å². The van der Waals surface area contributed by atoms with Gasteiger partial charge in [-0.1, -0.05) is 18.2 Å². The summed E-state index contributed by atoms with van der Waals surface area (Å²) < 4.78 is 10.3. The minimum Gasteiger partial charge on any atom is -0.443 e. The van der Waals surface area contributed by atoms with E-state index < -0.39 is 11.5 Å². The van der Waals surface area contributed by atoms with Crippen LogP contribution in [-0.2, 0) is 0 Å². The van der Waals surface area contributed by atoms with Gasteiger partial charge in [-0.3, -0.25) is 4.79 Å². The van der Waals surface area contributed by atoms with Crippen LogP contribution in [0.5, 0.6) is 0 Å². The number of nitrogens with one attached hydrogen (secondary N) is 1. The maximum atomic E-state index is 12.3. The number of oxazole rings is 1. The van der Waals surface area contributed by atoms with Crippen LogP contribution in [0.3, 0.4) is 0 Å². The van der Waals surface area contributed by atoms with E-state index in [1.165, 1.54) is 12.5 Å². The second-order valence-electron chi connectivity index (χ2n) is 4.97. The third kappa shape index (κ3) is 2.36. The molecule has 6 heteroatoms. The molecular formula is C17H10N2O4. The molecule has 0 unspecified atom stereocenters. The first-order valence-corrected chi connectivity index (χ1v) is 6.88. The number of rotatable bonds is 2. The van der Waals surface area contributed by atoms with Crippen molar-refractivity contribution in [3.8, 4) is 0 Å². The molecule has 0 aliphatic heterocycles. The number of carbonyl (C=O) groups is 1. The lowest BCUT2D eigenvalue weighted by atomic mass is 10.1. The summed E-state index contributed by atoms with van der Waals surface area (Å²) >= 11 is 0. The Hall–Kier alpha value is -3.41. The normalized spacial score (nSPS) is 11.0. The van der Waals surface area contributed by atoms with E-state index >= 15 is 0 Å². The zero-order valence-electron chi connectivity index (χ0n) is 11.8. The maximum Gasteiger partial charge on any atom is 0.349 e. The molecule has 2 aromatic heterocycles. The number of hydrogen-bond donors (Lipinski definition) is 1. The van der Waals surface area contributed by atoms with E-state index in [4.69, 9.17) is 8.83 Å². The Labute approximate surface area is 129 Å². The molecule has 0 aliphatic rings. The maximum absolute atomic E-state index is 12.3. The summed E-state index contributed by atoms with van der Waals surface area (Å²) in [6.07, 6.45) is 1.33. The lowest BCUT2D eigenvalue weighted by Gasteiger charge is -2.05. The highest BCUT2D eigenvalue weighted by Crippen LogP contribution is 2.19. The first kappa shape index (κ1) is 13.3. The highest BCUT2D eigenvalue weighted by atomic mass is 16.4. The van der Waals surface area contributed by atoms with Gasteiger partial charge < -0.3 is 14.2 Å². The molecule has 0 bridgehead atoms. The molecule has 0 saturated heterocycles. The van der Waals surface area contributed by atoms with Crippen molar-refractivity contribution in [2.75, 3.05) is 5.32 Å². The third-order valence-corrected chi connectivity index (χ3v) is 3.47. The number of anilines is 1. The number of fused-ring (bicyclic) bond motifs is 2. The van der Waals surface area contributed by atoms with Gasteiger partial charge in [0.05, 0.1) is 0 Å². The van der Waals surface area contributed by atoms with E-state index in [-0.39, 0.29) is 5.56 Å². The monoisotopic (exact) mass is 306 g/mol. The fraction of sp³-hybridized carbons (Fsp3) is 0. The summed E-state index contributed by atoms with van der Waals surface area (Å²) in [4.78, 5) is 28.3. The van der Waals surface area contributed by atoms with Crippen LogP contribution in [0.25, 0.3) is 22.1 Å². The van der Waals surface area contributed by atoms with Crippen molar-refractivity contribution in [2.24, 2.45) is 0 Å². The van der Waals surface area contributed by atoms with Crippen LogP contribution in [0.2, 0.25) is 0 Å². The molecule has 6 nitrogen and oxygen atoms in total. The molecule has 0 radical (unpaired) electrons. The number of amides is 1. The summed E-state index contributed by atoms with van der Waals surface area (Å²) in [6, 6.07) is 13.6. The van der Waals surface area contributed by atoms with E-state index in [0.29, 0.717) is 27.8 Å². The Morgan fingerprint density at radius 3 is 2.83 bits per heavy atom. The van der Waals surface area contributed by atoms with Gasteiger partial charge >= 0.3 is 5.63 Å². The first-order valence-electron chi connectivity index (χ1n) is 6.88. The number of para-hydroxylation sites is 1.